The Morgan fingerprint density at radius 3 is 3.00 bits per heavy atom. The molecule has 2 unspecified atom stereocenters. The predicted octanol–water partition coefficient (Wildman–Crippen LogP) is 3.73. The molecule has 4 heteroatoms. The Kier molecular flexibility index (Phi) is 4.33. The number of thiophene rings is 2. The molecule has 0 aliphatic heterocycles. The van der Waals surface area contributed by atoms with Crippen LogP contribution in [-0.2, 0) is 6.54 Å². The molecule has 3 rings (SSSR count). The fourth-order valence-electron chi connectivity index (χ4n) is 2.68. The lowest BCUT2D eigenvalue weighted by Gasteiger charge is -2.14. The molecule has 0 spiro atoms. The van der Waals surface area contributed by atoms with Crippen LogP contribution in [0.1, 0.15) is 24.1 Å². The van der Waals surface area contributed by atoms with E-state index in [0.717, 1.165) is 19.5 Å². The molecular weight excluding hydrogens is 274 g/mol. The van der Waals surface area contributed by atoms with Crippen LogP contribution in [0.15, 0.2) is 29.0 Å². The summed E-state index contributed by atoms with van der Waals surface area (Å²) in [5, 5.41) is 17.6. The third kappa shape index (κ3) is 3.26. The highest BCUT2D eigenvalue weighted by Crippen LogP contribution is 2.29. The zero-order valence-electron chi connectivity index (χ0n) is 10.8. The lowest BCUT2D eigenvalue weighted by molar-refractivity contribution is 0.131. The maximum Gasteiger partial charge on any atom is 0.0580 e. The summed E-state index contributed by atoms with van der Waals surface area (Å²) in [7, 11) is 0. The smallest absolute Gasteiger partial charge is 0.0580 e. The zero-order chi connectivity index (χ0) is 13.1. The highest BCUT2D eigenvalue weighted by molar-refractivity contribution is 7.14. The van der Waals surface area contributed by atoms with Gasteiger partial charge in [-0.25, -0.2) is 0 Å². The normalized spacial score (nSPS) is 23.0. The molecule has 0 bridgehead atoms. The van der Waals surface area contributed by atoms with E-state index >= 15 is 0 Å². The van der Waals surface area contributed by atoms with Crippen molar-refractivity contribution in [3.63, 3.8) is 0 Å². The molecule has 0 aromatic carbocycles. The van der Waals surface area contributed by atoms with Crippen molar-refractivity contribution < 1.29 is 5.11 Å². The van der Waals surface area contributed by atoms with E-state index in [9.17, 15) is 5.11 Å². The molecule has 0 amide bonds. The van der Waals surface area contributed by atoms with Crippen molar-refractivity contribution in [2.45, 2.75) is 31.9 Å². The van der Waals surface area contributed by atoms with Gasteiger partial charge in [-0.15, -0.1) is 22.7 Å². The summed E-state index contributed by atoms with van der Waals surface area (Å²) in [5.74, 6) is 0.455. The first kappa shape index (κ1) is 13.3. The van der Waals surface area contributed by atoms with Gasteiger partial charge in [0.05, 0.1) is 6.10 Å². The van der Waals surface area contributed by atoms with Gasteiger partial charge >= 0.3 is 0 Å². The molecule has 2 atom stereocenters. The zero-order valence-corrected chi connectivity index (χ0v) is 12.5. The molecule has 19 heavy (non-hydrogen) atoms. The van der Waals surface area contributed by atoms with Crippen LogP contribution < -0.4 is 5.32 Å². The van der Waals surface area contributed by atoms with Gasteiger partial charge in [-0.05, 0) is 41.7 Å². The van der Waals surface area contributed by atoms with Crippen molar-refractivity contribution in [3.05, 3.63) is 33.8 Å². The van der Waals surface area contributed by atoms with Gasteiger partial charge in [0.15, 0.2) is 0 Å². The van der Waals surface area contributed by atoms with Gasteiger partial charge in [0.25, 0.3) is 0 Å². The molecule has 2 N–H and O–H groups in total. The first-order chi connectivity index (χ1) is 9.33. The van der Waals surface area contributed by atoms with E-state index in [1.54, 1.807) is 11.3 Å². The van der Waals surface area contributed by atoms with Gasteiger partial charge in [-0.2, -0.15) is 0 Å². The van der Waals surface area contributed by atoms with E-state index in [4.69, 9.17) is 0 Å². The van der Waals surface area contributed by atoms with Crippen LogP contribution >= 0.6 is 22.7 Å². The van der Waals surface area contributed by atoms with E-state index in [1.165, 1.54) is 28.2 Å². The lowest BCUT2D eigenvalue weighted by atomic mass is 10.1. The predicted molar refractivity (Wildman–Crippen MR) is 82.7 cm³/mol. The van der Waals surface area contributed by atoms with E-state index in [0.29, 0.717) is 5.92 Å². The topological polar surface area (TPSA) is 32.3 Å². The van der Waals surface area contributed by atoms with Crippen molar-refractivity contribution >= 4 is 22.7 Å². The highest BCUT2D eigenvalue weighted by atomic mass is 32.1. The van der Waals surface area contributed by atoms with Crippen molar-refractivity contribution in [3.8, 4) is 10.4 Å². The first-order valence-corrected chi connectivity index (χ1v) is 8.59. The molecule has 2 aromatic heterocycles. The molecule has 0 radical (unpaired) electrons. The molecule has 2 heterocycles. The first-order valence-electron chi connectivity index (χ1n) is 6.83. The molecular formula is C15H19NOS2. The average molecular weight is 293 g/mol. The lowest BCUT2D eigenvalue weighted by Crippen LogP contribution is -2.27. The third-order valence-corrected chi connectivity index (χ3v) is 5.64. The number of hydrogen-bond donors (Lipinski definition) is 2. The third-order valence-electron chi connectivity index (χ3n) is 3.78. The van der Waals surface area contributed by atoms with Crippen molar-refractivity contribution in [1.29, 1.82) is 0 Å². The quantitative estimate of drug-likeness (QED) is 0.880. The van der Waals surface area contributed by atoms with Gasteiger partial charge in [-0.3, -0.25) is 0 Å². The Bertz CT molecular complexity index is 506. The summed E-state index contributed by atoms with van der Waals surface area (Å²) in [6.07, 6.45) is 3.24. The van der Waals surface area contributed by atoms with Crippen molar-refractivity contribution in [2.75, 3.05) is 6.54 Å². The summed E-state index contributed by atoms with van der Waals surface area (Å²) >= 11 is 3.60. The van der Waals surface area contributed by atoms with Crippen molar-refractivity contribution in [2.24, 2.45) is 5.92 Å². The molecule has 0 saturated heterocycles. The summed E-state index contributed by atoms with van der Waals surface area (Å²) in [5.41, 5.74) is 1.33. The molecule has 1 fully saturated rings. The van der Waals surface area contributed by atoms with Crippen LogP contribution in [0, 0.1) is 5.92 Å². The van der Waals surface area contributed by atoms with Crippen molar-refractivity contribution in [1.82, 2.24) is 5.32 Å². The minimum absolute atomic E-state index is 0.0856. The molecule has 102 valence electrons. The molecule has 2 aromatic rings. The van der Waals surface area contributed by atoms with Gasteiger partial charge in [0, 0.05) is 28.4 Å². The van der Waals surface area contributed by atoms with E-state index in [-0.39, 0.29) is 6.10 Å². The Balaban J connectivity index is 1.50. The Labute approximate surface area is 122 Å². The second kappa shape index (κ2) is 6.18. The van der Waals surface area contributed by atoms with E-state index in [1.807, 2.05) is 11.3 Å². The van der Waals surface area contributed by atoms with E-state index < -0.39 is 0 Å². The Morgan fingerprint density at radius 1 is 1.32 bits per heavy atom. The fraction of sp³-hybridized carbons (Fsp3) is 0.467. The molecule has 1 aliphatic rings. The van der Waals surface area contributed by atoms with Crippen LogP contribution in [0.3, 0.4) is 0 Å². The van der Waals surface area contributed by atoms with Gasteiger partial charge in [-0.1, -0.05) is 12.5 Å². The van der Waals surface area contributed by atoms with E-state index in [2.05, 4.69) is 34.3 Å². The van der Waals surface area contributed by atoms with Crippen LogP contribution in [0.4, 0.5) is 0 Å². The minimum Gasteiger partial charge on any atom is -0.393 e. The van der Waals surface area contributed by atoms with Gasteiger partial charge in [0.2, 0.25) is 0 Å². The molecule has 1 saturated carbocycles. The van der Waals surface area contributed by atoms with Crippen LogP contribution in [0.25, 0.3) is 10.4 Å². The minimum atomic E-state index is -0.0856. The van der Waals surface area contributed by atoms with Crippen LogP contribution in [0.2, 0.25) is 0 Å². The number of aliphatic hydroxyl groups is 1. The fourth-order valence-corrected chi connectivity index (χ4v) is 4.32. The SMILES string of the molecule is OC1CCCC1CNCc1cc(-c2cccs2)cs1. The monoisotopic (exact) mass is 293 g/mol. The average Bonchev–Trinajstić information content (AvgIpc) is 3.11. The molecule has 2 nitrogen and oxygen atoms in total. The second-order valence-corrected chi connectivity index (χ2v) is 7.11. The van der Waals surface area contributed by atoms with Gasteiger partial charge in [0.1, 0.15) is 0 Å². The summed E-state index contributed by atoms with van der Waals surface area (Å²) in [6.45, 7) is 1.85. The number of hydrogen-bond acceptors (Lipinski definition) is 4. The maximum absolute atomic E-state index is 9.78. The largest absolute Gasteiger partial charge is 0.393 e. The van der Waals surface area contributed by atoms with Crippen LogP contribution in [0.5, 0.6) is 0 Å². The second-order valence-electron chi connectivity index (χ2n) is 5.17. The number of aliphatic hydroxyl groups excluding tert-OH is 1. The Hall–Kier alpha value is -0.680. The summed E-state index contributed by atoms with van der Waals surface area (Å²) < 4.78 is 0. The maximum atomic E-state index is 9.78. The molecule has 1 aliphatic carbocycles. The number of nitrogens with one attached hydrogen (secondary N) is 1. The summed E-state index contributed by atoms with van der Waals surface area (Å²) in [6, 6.07) is 6.53. The highest BCUT2D eigenvalue weighted by Gasteiger charge is 2.24. The standard InChI is InChI=1S/C15H19NOS2/c17-14-4-1-3-11(14)8-16-9-13-7-12(10-19-13)15-5-2-6-18-15/h2,5-7,10-11,14,16-17H,1,3-4,8-9H2. The van der Waals surface area contributed by atoms with Gasteiger partial charge < -0.3 is 10.4 Å². The summed E-state index contributed by atoms with van der Waals surface area (Å²) in [4.78, 5) is 2.71. The van der Waals surface area contributed by atoms with Crippen LogP contribution in [-0.4, -0.2) is 17.8 Å². The number of rotatable bonds is 5. The Morgan fingerprint density at radius 2 is 2.26 bits per heavy atom.